The van der Waals surface area contributed by atoms with Crippen LogP contribution in [-0.4, -0.2) is 24.1 Å². The summed E-state index contributed by atoms with van der Waals surface area (Å²) >= 11 is 17.9. The van der Waals surface area contributed by atoms with Crippen molar-refractivity contribution in [2.45, 2.75) is 25.4 Å². The van der Waals surface area contributed by atoms with E-state index in [0.717, 1.165) is 22.4 Å². The normalized spacial score (nSPS) is 24.3. The zero-order valence-electron chi connectivity index (χ0n) is 10.1. The zero-order valence-corrected chi connectivity index (χ0v) is 12.4. The molecule has 1 heterocycles. The van der Waals surface area contributed by atoms with Gasteiger partial charge in [-0.3, -0.25) is 0 Å². The van der Waals surface area contributed by atoms with Crippen LogP contribution in [0.25, 0.3) is 0 Å². The van der Waals surface area contributed by atoms with E-state index in [-0.39, 0.29) is 12.0 Å². The van der Waals surface area contributed by atoms with Crippen LogP contribution in [-0.2, 0) is 4.74 Å². The summed E-state index contributed by atoms with van der Waals surface area (Å²) in [5.74, 6) is 0.105. The molecule has 1 aliphatic rings. The number of thiocarbonyl (C=S) groups is 1. The van der Waals surface area contributed by atoms with Gasteiger partial charge < -0.3 is 10.5 Å². The Morgan fingerprint density at radius 1 is 1.44 bits per heavy atom. The van der Waals surface area contributed by atoms with E-state index < -0.39 is 0 Å². The van der Waals surface area contributed by atoms with Gasteiger partial charge in [-0.2, -0.15) is 0 Å². The van der Waals surface area contributed by atoms with Gasteiger partial charge >= 0.3 is 0 Å². The van der Waals surface area contributed by atoms with Crippen molar-refractivity contribution in [3.8, 4) is 0 Å². The summed E-state index contributed by atoms with van der Waals surface area (Å²) in [4.78, 5) is 0.830. The van der Waals surface area contributed by atoms with Crippen LogP contribution in [0.15, 0.2) is 12.1 Å². The topological polar surface area (TPSA) is 35.2 Å². The molecule has 1 aliphatic heterocycles. The number of nitrogens with two attached hydrogens (primary N) is 1. The van der Waals surface area contributed by atoms with Gasteiger partial charge in [-0.15, -0.1) is 0 Å². The van der Waals surface area contributed by atoms with Gasteiger partial charge in [0.2, 0.25) is 0 Å². The number of rotatable bonds is 2. The van der Waals surface area contributed by atoms with Crippen LogP contribution in [0.3, 0.4) is 0 Å². The van der Waals surface area contributed by atoms with E-state index in [2.05, 4.69) is 0 Å². The smallest absolute Gasteiger partial charge is 0.101 e. The average Bonchev–Trinajstić information content (AvgIpc) is 2.36. The van der Waals surface area contributed by atoms with Crippen LogP contribution >= 0.6 is 35.4 Å². The van der Waals surface area contributed by atoms with E-state index in [9.17, 15) is 0 Å². The second-order valence-corrected chi connectivity index (χ2v) is 5.69. The van der Waals surface area contributed by atoms with Crippen molar-refractivity contribution in [3.05, 3.63) is 33.3 Å². The molecule has 0 spiro atoms. The fourth-order valence-corrected chi connectivity index (χ4v) is 3.25. The molecule has 98 valence electrons. The lowest BCUT2D eigenvalue weighted by Gasteiger charge is -2.31. The summed E-state index contributed by atoms with van der Waals surface area (Å²) in [5, 5.41) is 1.16. The Balaban J connectivity index is 2.42. The first-order chi connectivity index (χ1) is 8.56. The number of halogens is 2. The minimum absolute atomic E-state index is 0.105. The number of ether oxygens (including phenoxy) is 1. The van der Waals surface area contributed by atoms with Crippen LogP contribution in [0, 0.1) is 6.92 Å². The van der Waals surface area contributed by atoms with E-state index in [1.54, 1.807) is 0 Å². The first-order valence-electron chi connectivity index (χ1n) is 5.86. The molecule has 5 heteroatoms. The van der Waals surface area contributed by atoms with Crippen molar-refractivity contribution in [3.63, 3.8) is 0 Å². The summed E-state index contributed by atoms with van der Waals surface area (Å²) in [5.41, 5.74) is 7.80. The zero-order chi connectivity index (χ0) is 13.3. The molecule has 0 bridgehead atoms. The lowest BCUT2D eigenvalue weighted by molar-refractivity contribution is 0.0835. The van der Waals surface area contributed by atoms with E-state index in [1.807, 2.05) is 19.1 Å². The molecule has 0 radical (unpaired) electrons. The Bertz CT molecular complexity index is 478. The highest BCUT2D eigenvalue weighted by Crippen LogP contribution is 2.38. The molecule has 2 N–H and O–H groups in total. The molecule has 0 saturated carbocycles. The van der Waals surface area contributed by atoms with Crippen LogP contribution in [0.1, 0.15) is 23.5 Å². The SMILES string of the molecule is Cc1ccc(Cl)c(Cl)c1C1CCOC(CN)C1=S. The summed E-state index contributed by atoms with van der Waals surface area (Å²) in [7, 11) is 0. The third-order valence-corrected chi connectivity index (χ3v) is 4.67. The summed E-state index contributed by atoms with van der Waals surface area (Å²) in [6.45, 7) is 3.08. The molecule has 0 aliphatic carbocycles. The van der Waals surface area contributed by atoms with Crippen molar-refractivity contribution in [2.75, 3.05) is 13.2 Å². The van der Waals surface area contributed by atoms with E-state index >= 15 is 0 Å². The van der Waals surface area contributed by atoms with Crippen LogP contribution in [0.5, 0.6) is 0 Å². The Hall–Kier alpha value is -0.190. The van der Waals surface area contributed by atoms with Gasteiger partial charge in [0.1, 0.15) is 6.10 Å². The van der Waals surface area contributed by atoms with Crippen LogP contribution in [0.2, 0.25) is 10.0 Å². The molecule has 2 atom stereocenters. The highest BCUT2D eigenvalue weighted by Gasteiger charge is 2.31. The molecule has 2 unspecified atom stereocenters. The molecule has 1 aromatic rings. The lowest BCUT2D eigenvalue weighted by Crippen LogP contribution is -2.39. The van der Waals surface area contributed by atoms with Gasteiger partial charge in [0.15, 0.2) is 0 Å². The number of aryl methyl sites for hydroxylation is 1. The predicted octanol–water partition coefficient (Wildman–Crippen LogP) is 3.50. The highest BCUT2D eigenvalue weighted by atomic mass is 35.5. The van der Waals surface area contributed by atoms with Gasteiger partial charge in [-0.25, -0.2) is 0 Å². The van der Waals surface area contributed by atoms with Crippen molar-refractivity contribution in [1.29, 1.82) is 0 Å². The Kier molecular flexibility index (Phi) is 4.62. The second kappa shape index (κ2) is 5.85. The van der Waals surface area contributed by atoms with Crippen LogP contribution in [0.4, 0.5) is 0 Å². The first-order valence-corrected chi connectivity index (χ1v) is 7.02. The van der Waals surface area contributed by atoms with Gasteiger partial charge in [0.05, 0.1) is 10.0 Å². The molecule has 0 amide bonds. The number of hydrogen-bond acceptors (Lipinski definition) is 3. The maximum atomic E-state index is 6.32. The van der Waals surface area contributed by atoms with Gasteiger partial charge in [-0.1, -0.05) is 41.5 Å². The van der Waals surface area contributed by atoms with Gasteiger partial charge in [0, 0.05) is 23.9 Å². The molecule has 1 aromatic carbocycles. The van der Waals surface area contributed by atoms with Crippen molar-refractivity contribution in [1.82, 2.24) is 0 Å². The maximum absolute atomic E-state index is 6.32. The highest BCUT2D eigenvalue weighted by molar-refractivity contribution is 7.80. The molecule has 0 aromatic heterocycles. The van der Waals surface area contributed by atoms with E-state index in [0.29, 0.717) is 23.2 Å². The minimum atomic E-state index is -0.159. The molecular weight excluding hydrogens is 289 g/mol. The average molecular weight is 304 g/mol. The number of benzene rings is 1. The van der Waals surface area contributed by atoms with Gasteiger partial charge in [0.25, 0.3) is 0 Å². The largest absolute Gasteiger partial charge is 0.372 e. The molecular formula is C13H15Cl2NOS. The van der Waals surface area contributed by atoms with Crippen molar-refractivity contribution < 1.29 is 4.74 Å². The minimum Gasteiger partial charge on any atom is -0.372 e. The summed E-state index contributed by atoms with van der Waals surface area (Å²) in [6.07, 6.45) is 0.671. The molecule has 18 heavy (non-hydrogen) atoms. The maximum Gasteiger partial charge on any atom is 0.101 e. The number of hydrogen-bond donors (Lipinski definition) is 1. The summed E-state index contributed by atoms with van der Waals surface area (Å²) in [6, 6.07) is 3.78. The van der Waals surface area contributed by atoms with E-state index in [1.165, 1.54) is 0 Å². The van der Waals surface area contributed by atoms with Crippen LogP contribution < -0.4 is 5.73 Å². The van der Waals surface area contributed by atoms with Crippen molar-refractivity contribution >= 4 is 40.3 Å². The van der Waals surface area contributed by atoms with E-state index in [4.69, 9.17) is 45.9 Å². The third-order valence-electron chi connectivity index (χ3n) is 3.30. The standard InChI is InChI=1S/C13H15Cl2NOS/c1-7-2-3-9(14)12(15)11(7)8-4-5-17-10(6-16)13(8)18/h2-3,8,10H,4-6,16H2,1H3. The fraction of sp³-hybridized carbons (Fsp3) is 0.462. The summed E-state index contributed by atoms with van der Waals surface area (Å²) < 4.78 is 5.56. The molecule has 2 rings (SSSR count). The molecule has 2 nitrogen and oxygen atoms in total. The predicted molar refractivity (Wildman–Crippen MR) is 79.9 cm³/mol. The quantitative estimate of drug-likeness (QED) is 0.849. The Labute approximate surface area is 122 Å². The molecule has 1 saturated heterocycles. The fourth-order valence-electron chi connectivity index (χ4n) is 2.34. The Morgan fingerprint density at radius 2 is 2.17 bits per heavy atom. The lowest BCUT2D eigenvalue weighted by atomic mass is 9.86. The first kappa shape index (κ1) is 14.2. The Morgan fingerprint density at radius 3 is 2.83 bits per heavy atom. The monoisotopic (exact) mass is 303 g/mol. The third kappa shape index (κ3) is 2.56. The van der Waals surface area contributed by atoms with Gasteiger partial charge in [-0.05, 0) is 30.5 Å². The van der Waals surface area contributed by atoms with Crippen molar-refractivity contribution in [2.24, 2.45) is 5.73 Å². The molecule has 1 fully saturated rings. The second-order valence-electron chi connectivity index (χ2n) is 4.43.